The van der Waals surface area contributed by atoms with E-state index in [1.165, 1.54) is 18.2 Å². The first-order valence-corrected chi connectivity index (χ1v) is 8.39. The molecule has 28 heavy (non-hydrogen) atoms. The van der Waals surface area contributed by atoms with E-state index in [2.05, 4.69) is 10.2 Å². The van der Waals surface area contributed by atoms with Crippen LogP contribution in [-0.2, 0) is 6.18 Å². The molecule has 0 fully saturated rings. The summed E-state index contributed by atoms with van der Waals surface area (Å²) in [6, 6.07) is 22.2. The molecule has 0 bridgehead atoms. The summed E-state index contributed by atoms with van der Waals surface area (Å²) in [6.45, 7) is 0. The highest BCUT2D eigenvalue weighted by atomic mass is 19.4. The second kappa shape index (κ2) is 8.43. The fourth-order valence-electron chi connectivity index (χ4n) is 2.57. The zero-order chi connectivity index (χ0) is 20.0. The van der Waals surface area contributed by atoms with Crippen molar-refractivity contribution in [2.24, 2.45) is 10.2 Å². The molecular formula is C22H15F3N2O. The third-order valence-corrected chi connectivity index (χ3v) is 3.92. The first-order valence-electron chi connectivity index (χ1n) is 8.39. The molecule has 3 aromatic rings. The van der Waals surface area contributed by atoms with Gasteiger partial charge in [0.05, 0.1) is 11.8 Å². The van der Waals surface area contributed by atoms with Gasteiger partial charge in [-0.2, -0.15) is 18.3 Å². The average molecular weight is 380 g/mol. The van der Waals surface area contributed by atoms with Gasteiger partial charge in [0.15, 0.2) is 0 Å². The van der Waals surface area contributed by atoms with E-state index in [0.29, 0.717) is 11.1 Å². The second-order valence-corrected chi connectivity index (χ2v) is 5.84. The van der Waals surface area contributed by atoms with Gasteiger partial charge in [-0.25, -0.2) is 0 Å². The quantitative estimate of drug-likeness (QED) is 0.331. The standard InChI is InChI=1S/C22H15F3N2O/c23-22(24,25)19-14-8-7-13-18(19)15-26-27-20(16-9-3-1-4-10-16)21(28)17-11-5-2-6-12-17/h1-15H. The van der Waals surface area contributed by atoms with Gasteiger partial charge in [0, 0.05) is 16.7 Å². The van der Waals surface area contributed by atoms with E-state index in [1.54, 1.807) is 60.7 Å². The first-order chi connectivity index (χ1) is 13.5. The number of hydrogen-bond acceptors (Lipinski definition) is 3. The van der Waals surface area contributed by atoms with Crippen LogP contribution >= 0.6 is 0 Å². The Labute approximate surface area is 159 Å². The molecule has 3 nitrogen and oxygen atoms in total. The van der Waals surface area contributed by atoms with Gasteiger partial charge in [-0.1, -0.05) is 78.9 Å². The molecule has 0 saturated carbocycles. The number of hydrogen-bond donors (Lipinski definition) is 0. The maximum atomic E-state index is 13.1. The Morgan fingerprint density at radius 2 is 1.29 bits per heavy atom. The number of alkyl halides is 3. The van der Waals surface area contributed by atoms with Crippen LogP contribution in [0.2, 0.25) is 0 Å². The minimum atomic E-state index is -4.51. The van der Waals surface area contributed by atoms with Gasteiger partial charge in [-0.05, 0) is 6.07 Å². The van der Waals surface area contributed by atoms with Crippen molar-refractivity contribution in [1.29, 1.82) is 0 Å². The van der Waals surface area contributed by atoms with Crippen molar-refractivity contribution in [3.8, 4) is 0 Å². The molecule has 0 aliphatic heterocycles. The van der Waals surface area contributed by atoms with Crippen molar-refractivity contribution in [3.05, 3.63) is 107 Å². The Kier molecular flexibility index (Phi) is 5.79. The van der Waals surface area contributed by atoms with Gasteiger partial charge in [0.1, 0.15) is 5.71 Å². The number of halogens is 3. The van der Waals surface area contributed by atoms with Crippen LogP contribution in [0.25, 0.3) is 0 Å². The Morgan fingerprint density at radius 1 is 0.750 bits per heavy atom. The molecule has 0 aromatic heterocycles. The van der Waals surface area contributed by atoms with Crippen molar-refractivity contribution in [3.63, 3.8) is 0 Å². The fraction of sp³-hybridized carbons (Fsp3) is 0.0455. The van der Waals surface area contributed by atoms with Gasteiger partial charge >= 0.3 is 6.18 Å². The molecule has 0 radical (unpaired) electrons. The molecule has 0 atom stereocenters. The normalized spacial score (nSPS) is 12.3. The summed E-state index contributed by atoms with van der Waals surface area (Å²) < 4.78 is 39.3. The van der Waals surface area contributed by atoms with Crippen LogP contribution in [0, 0.1) is 0 Å². The molecule has 3 rings (SSSR count). The summed E-state index contributed by atoms with van der Waals surface area (Å²) in [5.74, 6) is -0.368. The topological polar surface area (TPSA) is 41.8 Å². The van der Waals surface area contributed by atoms with Crippen LogP contribution < -0.4 is 0 Å². The smallest absolute Gasteiger partial charge is 0.287 e. The van der Waals surface area contributed by atoms with Crippen molar-refractivity contribution >= 4 is 17.7 Å². The highest BCUT2D eigenvalue weighted by molar-refractivity contribution is 6.51. The lowest BCUT2D eigenvalue weighted by Crippen LogP contribution is -2.15. The van der Waals surface area contributed by atoms with Crippen LogP contribution in [0.3, 0.4) is 0 Å². The van der Waals surface area contributed by atoms with Crippen LogP contribution in [0.1, 0.15) is 27.0 Å². The third-order valence-electron chi connectivity index (χ3n) is 3.92. The van der Waals surface area contributed by atoms with Gasteiger partial charge in [0.25, 0.3) is 0 Å². The van der Waals surface area contributed by atoms with E-state index < -0.39 is 11.7 Å². The summed E-state index contributed by atoms with van der Waals surface area (Å²) in [4.78, 5) is 12.8. The number of carbonyl (C=O) groups excluding carboxylic acids is 1. The van der Waals surface area contributed by atoms with E-state index in [1.807, 2.05) is 0 Å². The molecule has 0 N–H and O–H groups in total. The number of Topliss-reactive ketones (excluding diaryl/α,β-unsaturated/α-hetero) is 1. The zero-order valence-corrected chi connectivity index (χ0v) is 14.6. The highest BCUT2D eigenvalue weighted by Crippen LogP contribution is 2.31. The highest BCUT2D eigenvalue weighted by Gasteiger charge is 2.32. The minimum absolute atomic E-state index is 0.0486. The van der Waals surface area contributed by atoms with E-state index >= 15 is 0 Å². The molecule has 0 heterocycles. The molecular weight excluding hydrogens is 365 g/mol. The predicted octanol–water partition coefficient (Wildman–Crippen LogP) is 5.41. The van der Waals surface area contributed by atoms with Crippen LogP contribution in [-0.4, -0.2) is 17.7 Å². The summed E-state index contributed by atoms with van der Waals surface area (Å²) in [6.07, 6.45) is -3.50. The number of nitrogens with zero attached hydrogens (tertiary/aromatic N) is 2. The summed E-state index contributed by atoms with van der Waals surface area (Å²) in [5, 5.41) is 7.74. The van der Waals surface area contributed by atoms with Crippen LogP contribution in [0.5, 0.6) is 0 Å². The monoisotopic (exact) mass is 380 g/mol. The predicted molar refractivity (Wildman–Crippen MR) is 103 cm³/mol. The van der Waals surface area contributed by atoms with Gasteiger partial charge in [-0.15, -0.1) is 5.10 Å². The lowest BCUT2D eigenvalue weighted by molar-refractivity contribution is -0.137. The lowest BCUT2D eigenvalue weighted by Gasteiger charge is -2.09. The Bertz CT molecular complexity index is 1010. The average Bonchev–Trinajstić information content (AvgIpc) is 2.72. The van der Waals surface area contributed by atoms with Crippen LogP contribution in [0.4, 0.5) is 13.2 Å². The number of ketones is 1. The Balaban J connectivity index is 1.99. The molecule has 0 unspecified atom stereocenters. The number of benzene rings is 3. The van der Waals surface area contributed by atoms with Crippen molar-refractivity contribution < 1.29 is 18.0 Å². The molecule has 0 aliphatic carbocycles. The minimum Gasteiger partial charge on any atom is -0.287 e. The first kappa shape index (κ1) is 19.2. The maximum Gasteiger partial charge on any atom is 0.417 e. The molecule has 0 saturated heterocycles. The largest absolute Gasteiger partial charge is 0.417 e. The molecule has 3 aromatic carbocycles. The van der Waals surface area contributed by atoms with Gasteiger partial charge in [0.2, 0.25) is 5.78 Å². The van der Waals surface area contributed by atoms with Crippen molar-refractivity contribution in [2.75, 3.05) is 0 Å². The summed E-state index contributed by atoms with van der Waals surface area (Å²) >= 11 is 0. The SMILES string of the molecule is O=C(C(=NN=Cc1ccccc1C(F)(F)F)c1ccccc1)c1ccccc1. The Morgan fingerprint density at radius 3 is 1.89 bits per heavy atom. The summed E-state index contributed by atoms with van der Waals surface area (Å²) in [7, 11) is 0. The molecule has 0 spiro atoms. The van der Waals surface area contributed by atoms with E-state index in [-0.39, 0.29) is 17.1 Å². The third kappa shape index (κ3) is 4.59. The van der Waals surface area contributed by atoms with Crippen molar-refractivity contribution in [2.45, 2.75) is 6.18 Å². The van der Waals surface area contributed by atoms with E-state index in [0.717, 1.165) is 12.3 Å². The zero-order valence-electron chi connectivity index (χ0n) is 14.6. The summed E-state index contributed by atoms with van der Waals surface area (Å²) in [5.41, 5.74) is 0.0454. The number of rotatable bonds is 5. The maximum absolute atomic E-state index is 13.1. The van der Waals surface area contributed by atoms with Gasteiger partial charge in [-0.3, -0.25) is 4.79 Å². The van der Waals surface area contributed by atoms with Crippen molar-refractivity contribution in [1.82, 2.24) is 0 Å². The van der Waals surface area contributed by atoms with Gasteiger partial charge < -0.3 is 0 Å². The fourth-order valence-corrected chi connectivity index (χ4v) is 2.57. The molecule has 140 valence electrons. The second-order valence-electron chi connectivity index (χ2n) is 5.84. The molecule has 6 heteroatoms. The molecule has 0 amide bonds. The molecule has 0 aliphatic rings. The van der Waals surface area contributed by atoms with Crippen LogP contribution in [0.15, 0.2) is 95.1 Å². The van der Waals surface area contributed by atoms with E-state index in [4.69, 9.17) is 0 Å². The number of carbonyl (C=O) groups is 1. The lowest BCUT2D eigenvalue weighted by atomic mass is 10.0. The van der Waals surface area contributed by atoms with E-state index in [9.17, 15) is 18.0 Å². The Hall–Kier alpha value is -3.54.